The van der Waals surface area contributed by atoms with Gasteiger partial charge in [-0.05, 0) is 64.5 Å². The first-order valence-corrected chi connectivity index (χ1v) is 10.5. The lowest BCUT2D eigenvalue weighted by atomic mass is 10.2. The van der Waals surface area contributed by atoms with Crippen LogP contribution in [0.4, 0.5) is 0 Å². The molecule has 0 saturated carbocycles. The van der Waals surface area contributed by atoms with Crippen molar-refractivity contribution < 1.29 is 14.2 Å². The standard InChI is InChI=1S/C25H21N5O3/c1-2-7-24-19(5-1)8-9-20(26-24)16-32-22-12-10-21(11-13-22)31-15-18-4-3-6-23(14-18)33-17-25-27-29-30-28-25/h1-14H,15-17H2,(H,27,28,29,30). The molecule has 3 aromatic carbocycles. The zero-order valence-corrected chi connectivity index (χ0v) is 17.7. The number of fused-ring (bicyclic) bond motifs is 1. The van der Waals surface area contributed by atoms with Gasteiger partial charge in [-0.25, -0.2) is 10.1 Å². The van der Waals surface area contributed by atoms with Gasteiger partial charge in [-0.1, -0.05) is 36.4 Å². The highest BCUT2D eigenvalue weighted by molar-refractivity contribution is 5.78. The summed E-state index contributed by atoms with van der Waals surface area (Å²) in [6.07, 6.45) is 0. The van der Waals surface area contributed by atoms with E-state index in [1.165, 1.54) is 0 Å². The molecule has 164 valence electrons. The second kappa shape index (κ2) is 9.78. The van der Waals surface area contributed by atoms with Crippen LogP contribution in [-0.2, 0) is 19.8 Å². The minimum Gasteiger partial charge on any atom is -0.489 e. The van der Waals surface area contributed by atoms with Gasteiger partial charge in [-0.3, -0.25) is 0 Å². The Labute approximate surface area is 190 Å². The maximum absolute atomic E-state index is 5.90. The monoisotopic (exact) mass is 439 g/mol. The Hall–Kier alpha value is -4.46. The summed E-state index contributed by atoms with van der Waals surface area (Å²) in [5.74, 6) is 2.80. The first-order valence-electron chi connectivity index (χ1n) is 10.5. The number of ether oxygens (including phenoxy) is 3. The van der Waals surface area contributed by atoms with Gasteiger partial charge in [0.25, 0.3) is 0 Å². The highest BCUT2D eigenvalue weighted by atomic mass is 16.5. The van der Waals surface area contributed by atoms with E-state index in [0.717, 1.165) is 39.4 Å². The lowest BCUT2D eigenvalue weighted by Crippen LogP contribution is -2.00. The fraction of sp³-hybridized carbons (Fsp3) is 0.120. The first-order chi connectivity index (χ1) is 16.3. The summed E-state index contributed by atoms with van der Waals surface area (Å²) in [5, 5.41) is 14.6. The molecule has 1 N–H and O–H groups in total. The van der Waals surface area contributed by atoms with Gasteiger partial charge in [0.2, 0.25) is 0 Å². The van der Waals surface area contributed by atoms with E-state index in [9.17, 15) is 0 Å². The Morgan fingerprint density at radius 2 is 1.45 bits per heavy atom. The second-order valence-electron chi connectivity index (χ2n) is 7.33. The lowest BCUT2D eigenvalue weighted by Gasteiger charge is -2.10. The lowest BCUT2D eigenvalue weighted by molar-refractivity contribution is 0.288. The van der Waals surface area contributed by atoms with Crippen molar-refractivity contribution in [2.45, 2.75) is 19.8 Å². The third kappa shape index (κ3) is 5.43. The summed E-state index contributed by atoms with van der Waals surface area (Å²) in [7, 11) is 0. The number of rotatable bonds is 9. The number of benzene rings is 3. The fourth-order valence-electron chi connectivity index (χ4n) is 3.26. The summed E-state index contributed by atoms with van der Waals surface area (Å²) >= 11 is 0. The molecular weight excluding hydrogens is 418 g/mol. The molecule has 2 aromatic heterocycles. The number of aromatic amines is 1. The van der Waals surface area contributed by atoms with Crippen molar-refractivity contribution in [2.24, 2.45) is 0 Å². The van der Waals surface area contributed by atoms with Crippen LogP contribution in [-0.4, -0.2) is 25.6 Å². The molecule has 0 aliphatic rings. The Morgan fingerprint density at radius 3 is 2.27 bits per heavy atom. The summed E-state index contributed by atoms with van der Waals surface area (Å²) in [6, 6.07) is 27.4. The number of hydrogen-bond acceptors (Lipinski definition) is 7. The molecule has 0 spiro atoms. The maximum Gasteiger partial charge on any atom is 0.186 e. The SMILES string of the molecule is c1cc(COc2ccc(OCc3ccc4ccccc4n3)cc2)cc(OCc2nnn[nH]2)c1. The van der Waals surface area contributed by atoms with Gasteiger partial charge < -0.3 is 14.2 Å². The van der Waals surface area contributed by atoms with E-state index in [4.69, 9.17) is 14.2 Å². The molecule has 0 aliphatic heterocycles. The van der Waals surface area contributed by atoms with Crippen molar-refractivity contribution in [1.82, 2.24) is 25.6 Å². The number of nitrogens with one attached hydrogen (secondary N) is 1. The number of tetrazole rings is 1. The normalized spacial score (nSPS) is 10.8. The molecule has 0 saturated heterocycles. The smallest absolute Gasteiger partial charge is 0.186 e. The second-order valence-corrected chi connectivity index (χ2v) is 7.33. The molecule has 2 heterocycles. The average Bonchev–Trinajstić information content (AvgIpc) is 3.40. The van der Waals surface area contributed by atoms with Crippen LogP contribution in [0.5, 0.6) is 17.2 Å². The minimum absolute atomic E-state index is 0.271. The molecule has 5 rings (SSSR count). The van der Waals surface area contributed by atoms with Crippen molar-refractivity contribution in [3.8, 4) is 17.2 Å². The molecule has 0 radical (unpaired) electrons. The topological polar surface area (TPSA) is 95.0 Å². The van der Waals surface area contributed by atoms with E-state index in [-0.39, 0.29) is 6.61 Å². The molecule has 0 atom stereocenters. The van der Waals surface area contributed by atoms with Crippen molar-refractivity contribution in [2.75, 3.05) is 0 Å². The van der Waals surface area contributed by atoms with Crippen molar-refractivity contribution in [3.05, 3.63) is 102 Å². The molecule has 0 fully saturated rings. The number of para-hydroxylation sites is 1. The third-order valence-electron chi connectivity index (χ3n) is 4.94. The molecule has 0 aliphatic carbocycles. The van der Waals surface area contributed by atoms with E-state index in [2.05, 4.69) is 31.7 Å². The van der Waals surface area contributed by atoms with E-state index >= 15 is 0 Å². The highest BCUT2D eigenvalue weighted by Crippen LogP contribution is 2.21. The minimum atomic E-state index is 0.271. The van der Waals surface area contributed by atoms with Crippen LogP contribution in [0, 0.1) is 0 Å². The van der Waals surface area contributed by atoms with Gasteiger partial charge in [0.1, 0.15) is 37.1 Å². The van der Waals surface area contributed by atoms with Crippen molar-refractivity contribution >= 4 is 10.9 Å². The van der Waals surface area contributed by atoms with Crippen LogP contribution in [0.1, 0.15) is 17.1 Å². The predicted octanol–water partition coefficient (Wildman–Crippen LogP) is 4.48. The number of hydrogen-bond donors (Lipinski definition) is 1. The first kappa shape index (κ1) is 20.4. The van der Waals surface area contributed by atoms with Gasteiger partial charge in [-0.2, -0.15) is 0 Å². The van der Waals surface area contributed by atoms with Gasteiger partial charge in [-0.15, -0.1) is 5.10 Å². The van der Waals surface area contributed by atoms with Gasteiger partial charge >= 0.3 is 0 Å². The summed E-state index contributed by atoms with van der Waals surface area (Å²) in [5.41, 5.74) is 2.84. The fourth-order valence-corrected chi connectivity index (χ4v) is 3.26. The molecular formula is C25H21N5O3. The largest absolute Gasteiger partial charge is 0.489 e. The molecule has 0 unspecified atom stereocenters. The third-order valence-corrected chi connectivity index (χ3v) is 4.94. The average molecular weight is 439 g/mol. The maximum atomic E-state index is 5.90. The number of aromatic nitrogens is 5. The van der Waals surface area contributed by atoms with Crippen molar-refractivity contribution in [3.63, 3.8) is 0 Å². The van der Waals surface area contributed by atoms with Crippen LogP contribution >= 0.6 is 0 Å². The number of nitrogens with zero attached hydrogens (tertiary/aromatic N) is 4. The molecule has 5 aromatic rings. The molecule has 0 amide bonds. The molecule has 8 heteroatoms. The molecule has 0 bridgehead atoms. The Morgan fingerprint density at radius 1 is 0.667 bits per heavy atom. The summed E-state index contributed by atoms with van der Waals surface area (Å²) in [4.78, 5) is 4.63. The van der Waals surface area contributed by atoms with Crippen molar-refractivity contribution in [1.29, 1.82) is 0 Å². The van der Waals surface area contributed by atoms with Gasteiger partial charge in [0.05, 0.1) is 11.2 Å². The van der Waals surface area contributed by atoms with E-state index in [1.807, 2.05) is 78.9 Å². The molecule has 33 heavy (non-hydrogen) atoms. The van der Waals surface area contributed by atoms with E-state index < -0.39 is 0 Å². The van der Waals surface area contributed by atoms with Crippen LogP contribution in [0.15, 0.2) is 84.9 Å². The summed E-state index contributed by atoms with van der Waals surface area (Å²) < 4.78 is 17.5. The van der Waals surface area contributed by atoms with Gasteiger partial charge in [0.15, 0.2) is 5.82 Å². The number of H-pyrrole nitrogens is 1. The molecule has 8 nitrogen and oxygen atoms in total. The Bertz CT molecular complexity index is 1320. The summed E-state index contributed by atoms with van der Waals surface area (Å²) in [6.45, 7) is 1.09. The van der Waals surface area contributed by atoms with Gasteiger partial charge in [0, 0.05) is 5.39 Å². The Balaban J connectivity index is 1.13. The van der Waals surface area contributed by atoms with E-state index in [1.54, 1.807) is 0 Å². The zero-order valence-electron chi connectivity index (χ0n) is 17.7. The zero-order chi connectivity index (χ0) is 22.3. The number of pyridine rings is 1. The van der Waals surface area contributed by atoms with E-state index in [0.29, 0.717) is 19.0 Å². The van der Waals surface area contributed by atoms with Crippen LogP contribution in [0.2, 0.25) is 0 Å². The Kier molecular flexibility index (Phi) is 6.06. The quantitative estimate of drug-likeness (QED) is 0.362. The van der Waals surface area contributed by atoms with Crippen LogP contribution in [0.25, 0.3) is 10.9 Å². The van der Waals surface area contributed by atoms with Crippen LogP contribution in [0.3, 0.4) is 0 Å². The predicted molar refractivity (Wildman–Crippen MR) is 122 cm³/mol. The van der Waals surface area contributed by atoms with Crippen LogP contribution < -0.4 is 14.2 Å². The highest BCUT2D eigenvalue weighted by Gasteiger charge is 2.03.